The van der Waals surface area contributed by atoms with Gasteiger partial charge in [0.05, 0.1) is 18.7 Å². The molecule has 94 valence electrons. The molecule has 1 unspecified atom stereocenters. The van der Waals surface area contributed by atoms with E-state index in [1.165, 1.54) is 0 Å². The first-order valence-corrected chi connectivity index (χ1v) is 6.08. The minimum absolute atomic E-state index is 0.0672. The summed E-state index contributed by atoms with van der Waals surface area (Å²) in [5, 5.41) is 3.34. The van der Waals surface area contributed by atoms with Crippen LogP contribution in [0.1, 0.15) is 16.8 Å². The van der Waals surface area contributed by atoms with Gasteiger partial charge < -0.3 is 15.0 Å². The molecule has 0 aromatic heterocycles. The van der Waals surface area contributed by atoms with Crippen LogP contribution in [-0.2, 0) is 0 Å². The van der Waals surface area contributed by atoms with Gasteiger partial charge in [0, 0.05) is 18.8 Å². The first kappa shape index (κ1) is 11.1. The number of nitrogens with one attached hydrogen (secondary N) is 1. The second kappa shape index (κ2) is 4.05. The van der Waals surface area contributed by atoms with Crippen molar-refractivity contribution in [1.29, 1.82) is 0 Å². The standard InChI is InChI=1S/C14H16N2O2/c1-9-5-10-7-15-13-4-3-11(18-2)6-12(13)14(17)16(10)8-9/h3-4,6,10,15H,1,5,7-8H2,2H3. The molecule has 1 amide bonds. The molecule has 0 aliphatic carbocycles. The predicted molar refractivity (Wildman–Crippen MR) is 70.1 cm³/mol. The number of carbonyl (C=O) groups is 1. The van der Waals surface area contributed by atoms with Crippen molar-refractivity contribution in [2.24, 2.45) is 0 Å². The van der Waals surface area contributed by atoms with Crippen molar-refractivity contribution >= 4 is 11.6 Å². The molecule has 0 saturated carbocycles. The number of ether oxygens (including phenoxy) is 1. The third-order valence-corrected chi connectivity index (χ3v) is 3.61. The largest absolute Gasteiger partial charge is 0.497 e. The fourth-order valence-corrected chi connectivity index (χ4v) is 2.66. The molecule has 3 rings (SSSR count). The topological polar surface area (TPSA) is 41.6 Å². The highest BCUT2D eigenvalue weighted by molar-refractivity contribution is 6.01. The van der Waals surface area contributed by atoms with Crippen LogP contribution in [0.2, 0.25) is 0 Å². The molecule has 2 aliphatic heterocycles. The average Bonchev–Trinajstić information content (AvgIpc) is 2.71. The average molecular weight is 244 g/mol. The Balaban J connectivity index is 2.02. The highest BCUT2D eigenvalue weighted by Crippen LogP contribution is 2.31. The number of anilines is 1. The number of hydrogen-bond acceptors (Lipinski definition) is 3. The van der Waals surface area contributed by atoms with Crippen molar-refractivity contribution in [1.82, 2.24) is 4.90 Å². The SMILES string of the molecule is C=C1CC2CNc3ccc(OC)cc3C(=O)N2C1. The quantitative estimate of drug-likeness (QED) is 0.767. The number of carbonyl (C=O) groups excluding carboxylic acids is 1. The molecule has 4 nitrogen and oxygen atoms in total. The highest BCUT2D eigenvalue weighted by atomic mass is 16.5. The van der Waals surface area contributed by atoms with E-state index in [2.05, 4.69) is 11.9 Å². The Morgan fingerprint density at radius 1 is 1.50 bits per heavy atom. The molecular formula is C14H16N2O2. The van der Waals surface area contributed by atoms with E-state index in [1.807, 2.05) is 17.0 Å². The Morgan fingerprint density at radius 3 is 3.11 bits per heavy atom. The van der Waals surface area contributed by atoms with Crippen molar-refractivity contribution in [2.75, 3.05) is 25.5 Å². The van der Waals surface area contributed by atoms with Crippen LogP contribution in [-0.4, -0.2) is 37.0 Å². The number of hydrogen-bond donors (Lipinski definition) is 1. The normalized spacial score (nSPS) is 22.1. The number of amides is 1. The Kier molecular flexibility index (Phi) is 2.51. The maximum atomic E-state index is 12.5. The van der Waals surface area contributed by atoms with E-state index in [0.717, 1.165) is 24.2 Å². The molecule has 18 heavy (non-hydrogen) atoms. The molecule has 2 heterocycles. The molecule has 1 saturated heterocycles. The minimum atomic E-state index is 0.0672. The summed E-state index contributed by atoms with van der Waals surface area (Å²) in [6.07, 6.45) is 0.893. The minimum Gasteiger partial charge on any atom is -0.497 e. The van der Waals surface area contributed by atoms with Crippen LogP contribution < -0.4 is 10.1 Å². The lowest BCUT2D eigenvalue weighted by molar-refractivity contribution is 0.0752. The highest BCUT2D eigenvalue weighted by Gasteiger charge is 2.34. The molecule has 0 spiro atoms. The van der Waals surface area contributed by atoms with Crippen molar-refractivity contribution in [3.63, 3.8) is 0 Å². The fourth-order valence-electron chi connectivity index (χ4n) is 2.66. The van der Waals surface area contributed by atoms with Gasteiger partial charge in [-0.2, -0.15) is 0 Å². The fraction of sp³-hybridized carbons (Fsp3) is 0.357. The second-order valence-electron chi connectivity index (χ2n) is 4.83. The number of methoxy groups -OCH3 is 1. The number of rotatable bonds is 1. The molecule has 0 bridgehead atoms. The summed E-state index contributed by atoms with van der Waals surface area (Å²) in [6.45, 7) is 5.44. The van der Waals surface area contributed by atoms with Crippen LogP contribution in [0.15, 0.2) is 30.4 Å². The van der Waals surface area contributed by atoms with Crippen molar-refractivity contribution in [3.05, 3.63) is 35.9 Å². The summed E-state index contributed by atoms with van der Waals surface area (Å²) < 4.78 is 5.19. The summed E-state index contributed by atoms with van der Waals surface area (Å²) >= 11 is 0. The molecule has 1 N–H and O–H groups in total. The lowest BCUT2D eigenvalue weighted by atomic mass is 10.1. The molecule has 0 radical (unpaired) electrons. The summed E-state index contributed by atoms with van der Waals surface area (Å²) in [7, 11) is 1.61. The van der Waals surface area contributed by atoms with E-state index in [0.29, 0.717) is 17.9 Å². The zero-order valence-electron chi connectivity index (χ0n) is 10.4. The van der Waals surface area contributed by atoms with Gasteiger partial charge in [-0.25, -0.2) is 0 Å². The second-order valence-corrected chi connectivity index (χ2v) is 4.83. The molecule has 1 fully saturated rings. The molecule has 1 aromatic carbocycles. The van der Waals surface area contributed by atoms with Gasteiger partial charge in [0.1, 0.15) is 5.75 Å². The van der Waals surface area contributed by atoms with Crippen molar-refractivity contribution < 1.29 is 9.53 Å². The predicted octanol–water partition coefficient (Wildman–Crippen LogP) is 1.89. The van der Waals surface area contributed by atoms with Crippen LogP contribution in [0.25, 0.3) is 0 Å². The first-order chi connectivity index (χ1) is 8.69. The molecule has 4 heteroatoms. The van der Waals surface area contributed by atoms with Gasteiger partial charge in [-0.3, -0.25) is 4.79 Å². The maximum Gasteiger partial charge on any atom is 0.256 e. The van der Waals surface area contributed by atoms with Crippen LogP contribution in [0.3, 0.4) is 0 Å². The lowest BCUT2D eigenvalue weighted by Gasteiger charge is -2.20. The third-order valence-electron chi connectivity index (χ3n) is 3.61. The summed E-state index contributed by atoms with van der Waals surface area (Å²) in [5.74, 6) is 0.776. The van der Waals surface area contributed by atoms with Gasteiger partial charge in [-0.05, 0) is 24.6 Å². The van der Waals surface area contributed by atoms with Gasteiger partial charge in [-0.15, -0.1) is 0 Å². The Morgan fingerprint density at radius 2 is 2.33 bits per heavy atom. The third kappa shape index (κ3) is 1.65. The number of fused-ring (bicyclic) bond motifs is 2. The zero-order chi connectivity index (χ0) is 12.7. The Hall–Kier alpha value is -1.97. The van der Waals surface area contributed by atoms with E-state index in [9.17, 15) is 4.79 Å². The van der Waals surface area contributed by atoms with Gasteiger partial charge in [0.2, 0.25) is 0 Å². The van der Waals surface area contributed by atoms with Gasteiger partial charge >= 0.3 is 0 Å². The number of nitrogens with zero attached hydrogens (tertiary/aromatic N) is 1. The van der Waals surface area contributed by atoms with E-state index in [1.54, 1.807) is 13.2 Å². The van der Waals surface area contributed by atoms with Gasteiger partial charge in [0.25, 0.3) is 5.91 Å². The van der Waals surface area contributed by atoms with E-state index in [-0.39, 0.29) is 11.9 Å². The summed E-state index contributed by atoms with van der Waals surface area (Å²) in [6, 6.07) is 5.80. The van der Waals surface area contributed by atoms with Crippen molar-refractivity contribution in [3.8, 4) is 5.75 Å². The maximum absolute atomic E-state index is 12.5. The smallest absolute Gasteiger partial charge is 0.256 e. The van der Waals surface area contributed by atoms with E-state index in [4.69, 9.17) is 4.74 Å². The van der Waals surface area contributed by atoms with E-state index < -0.39 is 0 Å². The summed E-state index contributed by atoms with van der Waals surface area (Å²) in [5.41, 5.74) is 2.70. The number of benzene rings is 1. The van der Waals surface area contributed by atoms with Gasteiger partial charge in [0.15, 0.2) is 0 Å². The molecule has 1 aromatic rings. The lowest BCUT2D eigenvalue weighted by Crippen LogP contribution is -2.36. The molecule has 2 aliphatic rings. The Bertz CT molecular complexity index is 525. The molecule has 1 atom stereocenters. The Labute approximate surface area is 106 Å². The van der Waals surface area contributed by atoms with Crippen LogP contribution in [0, 0.1) is 0 Å². The molecular weight excluding hydrogens is 228 g/mol. The first-order valence-electron chi connectivity index (χ1n) is 6.08. The van der Waals surface area contributed by atoms with Gasteiger partial charge in [-0.1, -0.05) is 12.2 Å². The van der Waals surface area contributed by atoms with E-state index >= 15 is 0 Å². The van der Waals surface area contributed by atoms with Crippen molar-refractivity contribution in [2.45, 2.75) is 12.5 Å². The zero-order valence-corrected chi connectivity index (χ0v) is 10.4. The van der Waals surface area contributed by atoms with Crippen LogP contribution in [0.4, 0.5) is 5.69 Å². The van der Waals surface area contributed by atoms with Crippen LogP contribution in [0.5, 0.6) is 5.75 Å². The summed E-state index contributed by atoms with van der Waals surface area (Å²) in [4.78, 5) is 14.4. The van der Waals surface area contributed by atoms with Crippen LogP contribution >= 0.6 is 0 Å². The monoisotopic (exact) mass is 244 g/mol.